The first kappa shape index (κ1) is 20.0. The molecule has 0 radical (unpaired) electrons. The Kier molecular flexibility index (Phi) is 7.11. The second-order valence-corrected chi connectivity index (χ2v) is 7.12. The Morgan fingerprint density at radius 1 is 1.44 bits per heavy atom. The van der Waals surface area contributed by atoms with Gasteiger partial charge in [-0.1, -0.05) is 18.5 Å². The van der Waals surface area contributed by atoms with Crippen LogP contribution in [0.2, 0.25) is 5.02 Å². The van der Waals surface area contributed by atoms with Gasteiger partial charge in [0.25, 0.3) is 5.91 Å². The van der Waals surface area contributed by atoms with Gasteiger partial charge in [-0.25, -0.2) is 0 Å². The summed E-state index contributed by atoms with van der Waals surface area (Å²) in [6, 6.07) is 5.23. The number of halogens is 1. The van der Waals surface area contributed by atoms with Crippen molar-refractivity contribution in [2.75, 3.05) is 25.6 Å². The van der Waals surface area contributed by atoms with E-state index in [2.05, 4.69) is 5.32 Å². The third-order valence-electron chi connectivity index (χ3n) is 4.33. The smallest absolute Gasteiger partial charge is 0.256 e. The Balaban J connectivity index is 2.04. The molecule has 5 nitrogen and oxygen atoms in total. The van der Waals surface area contributed by atoms with Gasteiger partial charge in [0.1, 0.15) is 17.5 Å². The summed E-state index contributed by atoms with van der Waals surface area (Å²) in [7, 11) is 1.62. The van der Waals surface area contributed by atoms with Gasteiger partial charge in [-0.2, -0.15) is 0 Å². The Labute approximate surface area is 155 Å². The first-order valence-corrected chi connectivity index (χ1v) is 9.19. The van der Waals surface area contributed by atoms with Crippen LogP contribution in [-0.2, 0) is 14.3 Å². The van der Waals surface area contributed by atoms with E-state index in [0.717, 1.165) is 19.3 Å². The summed E-state index contributed by atoms with van der Waals surface area (Å²) in [5.74, 6) is 0.726. The van der Waals surface area contributed by atoms with Crippen molar-refractivity contribution < 1.29 is 19.0 Å². The van der Waals surface area contributed by atoms with Crippen LogP contribution in [0.25, 0.3) is 0 Å². The van der Waals surface area contributed by atoms with Gasteiger partial charge in [0.2, 0.25) is 0 Å². The summed E-state index contributed by atoms with van der Waals surface area (Å²) in [4.78, 5) is 12.8. The molecule has 1 aliphatic carbocycles. The molecule has 0 heterocycles. The van der Waals surface area contributed by atoms with Crippen LogP contribution in [0.5, 0.6) is 5.75 Å². The van der Waals surface area contributed by atoms with Crippen LogP contribution in [0.3, 0.4) is 0 Å². The van der Waals surface area contributed by atoms with Crippen LogP contribution in [-0.4, -0.2) is 37.9 Å². The first-order chi connectivity index (χ1) is 11.9. The summed E-state index contributed by atoms with van der Waals surface area (Å²) in [6.45, 7) is 6.87. The maximum Gasteiger partial charge on any atom is 0.256 e. The van der Waals surface area contributed by atoms with Crippen molar-refractivity contribution in [1.29, 1.82) is 0 Å². The lowest BCUT2D eigenvalue weighted by molar-refractivity contribution is -0.142. The molecule has 2 rings (SSSR count). The second kappa shape index (κ2) is 8.88. The van der Waals surface area contributed by atoms with Crippen LogP contribution in [0.1, 0.15) is 40.0 Å². The molecular weight excluding hydrogens is 342 g/mol. The number of nitrogens with one attached hydrogen (secondary N) is 1. The first-order valence-electron chi connectivity index (χ1n) is 8.81. The fraction of sp³-hybridized carbons (Fsp3) is 0.632. The average Bonchev–Trinajstić information content (AvgIpc) is 3.40. The van der Waals surface area contributed by atoms with Crippen molar-refractivity contribution in [3.05, 3.63) is 23.2 Å². The Morgan fingerprint density at radius 3 is 2.72 bits per heavy atom. The van der Waals surface area contributed by atoms with Crippen LogP contribution in [0.15, 0.2) is 18.2 Å². The third-order valence-corrected chi connectivity index (χ3v) is 4.63. The van der Waals surface area contributed by atoms with Crippen molar-refractivity contribution in [1.82, 2.24) is 0 Å². The summed E-state index contributed by atoms with van der Waals surface area (Å²) < 4.78 is 16.7. The predicted molar refractivity (Wildman–Crippen MR) is 99.4 cm³/mol. The highest BCUT2D eigenvalue weighted by atomic mass is 35.5. The van der Waals surface area contributed by atoms with E-state index in [9.17, 15) is 4.79 Å². The Hall–Kier alpha value is -1.30. The molecular formula is C19H28ClNO4. The van der Waals surface area contributed by atoms with E-state index in [1.165, 1.54) is 0 Å². The van der Waals surface area contributed by atoms with Gasteiger partial charge >= 0.3 is 0 Å². The number of methoxy groups -OCH3 is 1. The largest absolute Gasteiger partial charge is 0.487 e. The average molecular weight is 370 g/mol. The minimum atomic E-state index is -0.787. The molecule has 2 atom stereocenters. The highest BCUT2D eigenvalue weighted by molar-refractivity contribution is 6.32. The molecule has 140 valence electrons. The van der Waals surface area contributed by atoms with Crippen molar-refractivity contribution in [2.24, 2.45) is 5.92 Å². The molecule has 25 heavy (non-hydrogen) atoms. The maximum atomic E-state index is 12.8. The molecule has 0 unspecified atom stereocenters. The molecule has 1 amide bonds. The zero-order chi connectivity index (χ0) is 18.4. The number of hydrogen-bond donors (Lipinski definition) is 1. The van der Waals surface area contributed by atoms with Gasteiger partial charge in [-0.3, -0.25) is 4.79 Å². The number of hydrogen-bond acceptors (Lipinski definition) is 4. The lowest BCUT2D eigenvalue weighted by atomic mass is 9.98. The minimum absolute atomic E-state index is 0.108. The van der Waals surface area contributed by atoms with Gasteiger partial charge < -0.3 is 19.5 Å². The zero-order valence-corrected chi connectivity index (χ0v) is 16.2. The lowest BCUT2D eigenvalue weighted by Gasteiger charge is -2.28. The van der Waals surface area contributed by atoms with E-state index in [4.69, 9.17) is 25.8 Å². The lowest BCUT2D eigenvalue weighted by Crippen LogP contribution is -2.45. The monoisotopic (exact) mass is 369 g/mol. The fourth-order valence-corrected chi connectivity index (χ4v) is 2.96. The number of carbonyl (C=O) groups is 1. The van der Waals surface area contributed by atoms with E-state index in [0.29, 0.717) is 29.7 Å². The molecule has 1 fully saturated rings. The number of benzene rings is 1. The van der Waals surface area contributed by atoms with Crippen molar-refractivity contribution in [2.45, 2.75) is 51.7 Å². The van der Waals surface area contributed by atoms with Gasteiger partial charge in [0.05, 0.1) is 11.6 Å². The molecule has 1 aromatic rings. The molecule has 0 spiro atoms. The number of rotatable bonds is 10. The van der Waals surface area contributed by atoms with Crippen LogP contribution >= 0.6 is 11.6 Å². The van der Waals surface area contributed by atoms with Gasteiger partial charge in [-0.15, -0.1) is 0 Å². The normalized spacial score (nSPS) is 17.6. The molecule has 0 saturated heterocycles. The third kappa shape index (κ3) is 5.33. The van der Waals surface area contributed by atoms with E-state index in [1.54, 1.807) is 25.3 Å². The van der Waals surface area contributed by atoms with Crippen LogP contribution in [0.4, 0.5) is 5.69 Å². The zero-order valence-electron chi connectivity index (χ0n) is 15.4. The standard InChI is InChI=1S/C19H28ClNO4/c1-5-10-24-19(3,14-6-7-14)18(22)21-15-8-9-17(16(20)11-15)25-13(2)12-23-4/h8-9,11,13-14H,5-7,10,12H2,1-4H3,(H,21,22)/t13-,19-/m0/s1. The SMILES string of the molecule is CCCO[C@](C)(C(=O)Nc1ccc(O[C@@H](C)COC)c(Cl)c1)C1CC1. The minimum Gasteiger partial charge on any atom is -0.487 e. The molecule has 1 aliphatic rings. The highest BCUT2D eigenvalue weighted by Gasteiger charge is 2.48. The van der Waals surface area contributed by atoms with Crippen molar-refractivity contribution in [3.8, 4) is 5.75 Å². The van der Waals surface area contributed by atoms with E-state index in [1.807, 2.05) is 20.8 Å². The van der Waals surface area contributed by atoms with E-state index in [-0.39, 0.29) is 17.9 Å². The number of amides is 1. The van der Waals surface area contributed by atoms with Crippen LogP contribution < -0.4 is 10.1 Å². The highest BCUT2D eigenvalue weighted by Crippen LogP contribution is 2.42. The molecule has 0 aromatic heterocycles. The molecule has 0 aliphatic heterocycles. The quantitative estimate of drug-likeness (QED) is 0.668. The summed E-state index contributed by atoms with van der Waals surface area (Å²) in [5.41, 5.74) is -0.154. The number of carbonyl (C=O) groups excluding carboxylic acids is 1. The molecule has 6 heteroatoms. The van der Waals surface area contributed by atoms with E-state index < -0.39 is 5.60 Å². The fourth-order valence-electron chi connectivity index (χ4n) is 2.73. The van der Waals surface area contributed by atoms with Crippen LogP contribution in [0, 0.1) is 5.92 Å². The molecule has 1 aromatic carbocycles. The predicted octanol–water partition coefficient (Wildman–Crippen LogP) is 4.29. The summed E-state index contributed by atoms with van der Waals surface area (Å²) in [6.07, 6.45) is 2.83. The topological polar surface area (TPSA) is 56.8 Å². The Morgan fingerprint density at radius 2 is 2.16 bits per heavy atom. The summed E-state index contributed by atoms with van der Waals surface area (Å²) >= 11 is 6.28. The Bertz CT molecular complexity index is 591. The summed E-state index contributed by atoms with van der Waals surface area (Å²) in [5, 5.41) is 3.38. The van der Waals surface area contributed by atoms with Crippen molar-refractivity contribution in [3.63, 3.8) is 0 Å². The van der Waals surface area contributed by atoms with Gasteiger partial charge in [-0.05, 0) is 57.2 Å². The molecule has 1 saturated carbocycles. The maximum absolute atomic E-state index is 12.8. The second-order valence-electron chi connectivity index (χ2n) is 6.71. The molecule has 0 bridgehead atoms. The molecule has 1 N–H and O–H groups in total. The number of ether oxygens (including phenoxy) is 3. The van der Waals surface area contributed by atoms with Gasteiger partial charge in [0.15, 0.2) is 0 Å². The van der Waals surface area contributed by atoms with E-state index >= 15 is 0 Å². The van der Waals surface area contributed by atoms with Crippen molar-refractivity contribution >= 4 is 23.2 Å². The number of anilines is 1. The van der Waals surface area contributed by atoms with Gasteiger partial charge in [0, 0.05) is 19.4 Å².